The smallest absolute Gasteiger partial charge is 0.225 e. The minimum atomic E-state index is -0.0487. The molecule has 1 aliphatic heterocycles. The fourth-order valence-electron chi connectivity index (χ4n) is 3.78. The van der Waals surface area contributed by atoms with Gasteiger partial charge in [-0.25, -0.2) is 0 Å². The molecular formula is C23H23NO5S. The van der Waals surface area contributed by atoms with E-state index in [0.717, 1.165) is 27.3 Å². The Kier molecular flexibility index (Phi) is 5.55. The number of benzene rings is 2. The molecule has 0 radical (unpaired) electrons. The maximum absolute atomic E-state index is 12.6. The van der Waals surface area contributed by atoms with Crippen LogP contribution in [-0.4, -0.2) is 34.3 Å². The van der Waals surface area contributed by atoms with Crippen LogP contribution in [-0.2, 0) is 4.79 Å². The first kappa shape index (κ1) is 20.1. The minimum Gasteiger partial charge on any atom is -0.493 e. The van der Waals surface area contributed by atoms with Crippen molar-refractivity contribution in [3.05, 3.63) is 52.2 Å². The van der Waals surface area contributed by atoms with Gasteiger partial charge in [-0.3, -0.25) is 4.79 Å². The van der Waals surface area contributed by atoms with E-state index in [2.05, 4.69) is 10.7 Å². The van der Waals surface area contributed by atoms with Crippen LogP contribution in [0.5, 0.6) is 23.0 Å². The first-order valence-corrected chi connectivity index (χ1v) is 10.3. The zero-order chi connectivity index (χ0) is 21.3. The molecule has 0 saturated heterocycles. The van der Waals surface area contributed by atoms with Gasteiger partial charge < -0.3 is 24.3 Å². The van der Waals surface area contributed by atoms with Gasteiger partial charge in [0.1, 0.15) is 0 Å². The van der Waals surface area contributed by atoms with Gasteiger partial charge >= 0.3 is 0 Å². The molecule has 0 bridgehead atoms. The molecule has 2 aromatic carbocycles. The molecule has 1 N–H and O–H groups in total. The number of hydrogen-bond donors (Lipinski definition) is 1. The molecule has 0 spiro atoms. The summed E-state index contributed by atoms with van der Waals surface area (Å²) in [6.07, 6.45) is 0.383. The van der Waals surface area contributed by atoms with Gasteiger partial charge in [0, 0.05) is 28.2 Å². The molecule has 1 amide bonds. The van der Waals surface area contributed by atoms with Crippen molar-refractivity contribution in [3.8, 4) is 34.1 Å². The van der Waals surface area contributed by atoms with E-state index >= 15 is 0 Å². The highest BCUT2D eigenvalue weighted by atomic mass is 32.1. The third-order valence-corrected chi connectivity index (χ3v) is 6.39. The molecule has 30 heavy (non-hydrogen) atoms. The van der Waals surface area contributed by atoms with Crippen molar-refractivity contribution in [3.63, 3.8) is 0 Å². The van der Waals surface area contributed by atoms with Gasteiger partial charge in [0.15, 0.2) is 23.0 Å². The van der Waals surface area contributed by atoms with Crippen molar-refractivity contribution in [1.82, 2.24) is 0 Å². The molecule has 2 heterocycles. The summed E-state index contributed by atoms with van der Waals surface area (Å²) in [5, 5.41) is 5.14. The molecular weight excluding hydrogens is 402 g/mol. The Hall–Kier alpha value is -3.19. The first-order valence-electron chi connectivity index (χ1n) is 9.45. The van der Waals surface area contributed by atoms with Crippen molar-refractivity contribution in [2.45, 2.75) is 12.3 Å². The monoisotopic (exact) mass is 425 g/mol. The Balaban J connectivity index is 1.78. The molecule has 0 fully saturated rings. The number of hydrogen-bond acceptors (Lipinski definition) is 6. The van der Waals surface area contributed by atoms with Gasteiger partial charge in [0.2, 0.25) is 5.91 Å². The van der Waals surface area contributed by atoms with Crippen LogP contribution in [0.1, 0.15) is 22.8 Å². The molecule has 0 saturated carbocycles. The lowest BCUT2D eigenvalue weighted by Crippen LogP contribution is -2.22. The van der Waals surface area contributed by atoms with E-state index in [1.807, 2.05) is 36.4 Å². The van der Waals surface area contributed by atoms with Gasteiger partial charge in [0.25, 0.3) is 0 Å². The van der Waals surface area contributed by atoms with Crippen molar-refractivity contribution < 1.29 is 23.7 Å². The Morgan fingerprint density at radius 2 is 1.50 bits per heavy atom. The van der Waals surface area contributed by atoms with Gasteiger partial charge in [-0.1, -0.05) is 12.1 Å². The molecule has 0 aliphatic carbocycles. The summed E-state index contributed by atoms with van der Waals surface area (Å²) in [4.78, 5) is 13.7. The molecule has 0 unspecified atom stereocenters. The van der Waals surface area contributed by atoms with Crippen LogP contribution >= 0.6 is 11.3 Å². The van der Waals surface area contributed by atoms with Crippen LogP contribution in [0.3, 0.4) is 0 Å². The minimum absolute atomic E-state index is 0.0117. The lowest BCUT2D eigenvalue weighted by Gasteiger charge is -2.24. The molecule has 7 heteroatoms. The number of fused-ring (bicyclic) bond motifs is 1. The Morgan fingerprint density at radius 1 is 0.867 bits per heavy atom. The summed E-state index contributed by atoms with van der Waals surface area (Å²) in [6, 6.07) is 11.6. The summed E-state index contributed by atoms with van der Waals surface area (Å²) in [7, 11) is 6.44. The lowest BCUT2D eigenvalue weighted by molar-refractivity contribution is -0.116. The second kappa shape index (κ2) is 8.28. The second-order valence-corrected chi connectivity index (χ2v) is 7.79. The third kappa shape index (κ3) is 3.45. The lowest BCUT2D eigenvalue weighted by atomic mass is 9.89. The topological polar surface area (TPSA) is 66.0 Å². The summed E-state index contributed by atoms with van der Waals surface area (Å²) >= 11 is 1.64. The fourth-order valence-corrected chi connectivity index (χ4v) is 4.94. The number of carbonyl (C=O) groups excluding carboxylic acids is 1. The van der Waals surface area contributed by atoms with Crippen LogP contribution in [0.4, 0.5) is 5.69 Å². The first-order chi connectivity index (χ1) is 14.6. The van der Waals surface area contributed by atoms with E-state index in [-0.39, 0.29) is 11.8 Å². The Labute approximate surface area is 179 Å². The Bertz CT molecular complexity index is 1090. The highest BCUT2D eigenvalue weighted by molar-refractivity contribution is 7.11. The second-order valence-electron chi connectivity index (χ2n) is 6.88. The van der Waals surface area contributed by atoms with E-state index < -0.39 is 0 Å². The van der Waals surface area contributed by atoms with E-state index in [1.165, 1.54) is 0 Å². The van der Waals surface area contributed by atoms with Crippen LogP contribution in [0.25, 0.3) is 11.1 Å². The number of carbonyl (C=O) groups is 1. The number of nitrogens with one attached hydrogen (secondary N) is 1. The predicted molar refractivity (Wildman–Crippen MR) is 117 cm³/mol. The summed E-state index contributed by atoms with van der Waals surface area (Å²) in [6.45, 7) is 0. The molecule has 3 aromatic rings. The molecule has 156 valence electrons. The van der Waals surface area contributed by atoms with Crippen LogP contribution in [0.2, 0.25) is 0 Å². The number of amides is 1. The fraction of sp³-hybridized carbons (Fsp3) is 0.261. The maximum Gasteiger partial charge on any atom is 0.225 e. The van der Waals surface area contributed by atoms with Gasteiger partial charge in [0.05, 0.1) is 34.1 Å². The van der Waals surface area contributed by atoms with Crippen LogP contribution in [0, 0.1) is 0 Å². The quantitative estimate of drug-likeness (QED) is 0.607. The molecule has 6 nitrogen and oxygen atoms in total. The zero-order valence-electron chi connectivity index (χ0n) is 17.3. The molecule has 4 rings (SSSR count). The number of anilines is 1. The summed E-state index contributed by atoms with van der Waals surface area (Å²) in [5.41, 5.74) is 3.79. The molecule has 1 aromatic heterocycles. The SMILES string of the molecule is COc1ccc(-c2csc3c2NC(=O)C[C@@H]3c2ccc(OC)c(OC)c2)cc1OC. The van der Waals surface area contributed by atoms with Gasteiger partial charge in [-0.15, -0.1) is 11.3 Å². The number of thiophene rings is 1. The average molecular weight is 426 g/mol. The Morgan fingerprint density at radius 3 is 2.17 bits per heavy atom. The molecule has 1 atom stereocenters. The standard InChI is InChI=1S/C23H23NO5S/c1-26-17-7-5-13(9-19(17)28-3)15-11-21(25)24-22-16(12-30-23(15)22)14-6-8-18(27-2)20(10-14)29-4/h5-10,12,15H,11H2,1-4H3,(H,24,25)/t15-/m1/s1. The number of methoxy groups -OCH3 is 4. The van der Waals surface area contributed by atoms with E-state index in [0.29, 0.717) is 29.4 Å². The van der Waals surface area contributed by atoms with Crippen molar-refractivity contribution in [2.75, 3.05) is 33.8 Å². The molecule has 1 aliphatic rings. The highest BCUT2D eigenvalue weighted by Crippen LogP contribution is 2.48. The number of rotatable bonds is 6. The normalized spacial score (nSPS) is 15.2. The van der Waals surface area contributed by atoms with Crippen molar-refractivity contribution in [1.29, 1.82) is 0 Å². The van der Waals surface area contributed by atoms with Crippen molar-refractivity contribution >= 4 is 22.9 Å². The third-order valence-electron chi connectivity index (χ3n) is 5.29. The van der Waals surface area contributed by atoms with Crippen LogP contribution in [0.15, 0.2) is 41.8 Å². The number of ether oxygens (including phenoxy) is 4. The van der Waals surface area contributed by atoms with Crippen molar-refractivity contribution in [2.24, 2.45) is 0 Å². The summed E-state index contributed by atoms with van der Waals surface area (Å²) < 4.78 is 21.6. The summed E-state index contributed by atoms with van der Waals surface area (Å²) in [5.74, 6) is 2.57. The van der Waals surface area contributed by atoms with Crippen LogP contribution < -0.4 is 24.3 Å². The van der Waals surface area contributed by atoms with Gasteiger partial charge in [-0.05, 0) is 35.4 Å². The van der Waals surface area contributed by atoms with E-state index in [4.69, 9.17) is 18.9 Å². The predicted octanol–water partition coefficient (Wildman–Crippen LogP) is 4.92. The largest absolute Gasteiger partial charge is 0.493 e. The van der Waals surface area contributed by atoms with E-state index in [1.54, 1.807) is 39.8 Å². The van der Waals surface area contributed by atoms with Gasteiger partial charge in [-0.2, -0.15) is 0 Å². The highest BCUT2D eigenvalue weighted by Gasteiger charge is 2.31. The van der Waals surface area contributed by atoms with E-state index in [9.17, 15) is 4.79 Å². The maximum atomic E-state index is 12.6. The zero-order valence-corrected chi connectivity index (χ0v) is 18.1. The average Bonchev–Trinajstić information content (AvgIpc) is 3.21.